The summed E-state index contributed by atoms with van der Waals surface area (Å²) in [6, 6.07) is -0.0709. The van der Waals surface area contributed by atoms with E-state index in [1.54, 1.807) is 0 Å². The highest BCUT2D eigenvalue weighted by Gasteiger charge is 2.78. The number of fused-ring (bicyclic) bond motifs is 1. The summed E-state index contributed by atoms with van der Waals surface area (Å²) in [7, 11) is 1.41. The summed E-state index contributed by atoms with van der Waals surface area (Å²) in [6.45, 7) is 5.97. The fourth-order valence-electron chi connectivity index (χ4n) is 8.54. The van der Waals surface area contributed by atoms with Gasteiger partial charge in [0.1, 0.15) is 11.5 Å². The van der Waals surface area contributed by atoms with Crippen LogP contribution in [0.4, 0.5) is 0 Å². The van der Waals surface area contributed by atoms with Gasteiger partial charge >= 0.3 is 5.97 Å². The molecule has 3 heterocycles. The zero-order valence-electron chi connectivity index (χ0n) is 17.5. The number of quaternary nitrogens is 1. The summed E-state index contributed by atoms with van der Waals surface area (Å²) >= 11 is 0. The van der Waals surface area contributed by atoms with Crippen LogP contribution in [-0.4, -0.2) is 49.2 Å². The summed E-state index contributed by atoms with van der Waals surface area (Å²) in [6.07, 6.45) is 3.38. The van der Waals surface area contributed by atoms with E-state index in [2.05, 4.69) is 13.8 Å². The average Bonchev–Trinajstić information content (AvgIpc) is 3.13. The number of methoxy groups -OCH3 is 1. The molecule has 6 rings (SSSR count). The first-order valence-corrected chi connectivity index (χ1v) is 11.1. The number of carbonyl (C=O) groups is 2. The van der Waals surface area contributed by atoms with E-state index < -0.39 is 10.8 Å². The number of piperidine rings is 1. The molecule has 3 unspecified atom stereocenters. The summed E-state index contributed by atoms with van der Waals surface area (Å²) < 4.78 is 11.1. The van der Waals surface area contributed by atoms with Gasteiger partial charge in [-0.15, -0.1) is 0 Å². The lowest BCUT2D eigenvalue weighted by Crippen LogP contribution is -2.69. The first kappa shape index (κ1) is 18.1. The fourth-order valence-corrected chi connectivity index (χ4v) is 8.54. The van der Waals surface area contributed by atoms with Crippen LogP contribution in [-0.2, 0) is 19.1 Å². The van der Waals surface area contributed by atoms with Crippen molar-refractivity contribution in [1.29, 1.82) is 0 Å². The lowest BCUT2D eigenvalue weighted by Gasteiger charge is -2.62. The fraction of sp³-hybridized carbons (Fsp3) is 0.739. The van der Waals surface area contributed by atoms with Gasteiger partial charge in [-0.05, 0) is 18.4 Å². The second kappa shape index (κ2) is 5.33. The number of hydroxylamine groups is 3. The van der Waals surface area contributed by atoms with Crippen LogP contribution >= 0.6 is 0 Å². The molecule has 1 spiro atoms. The Hall–Kier alpha value is -1.66. The standard InChI is InChI=1S/C23H29NO5/c1-12-10-24(27)11-13-4-5-17-19-14(6-7-29-17)16(21(26)28-3)9-23(19)20(25)15(12)8-18(24)22(13,23)2/h12-13,15,18H,4-11H2,1-3H3/t12?,13?,15-,18?,22+,23-,24+/m0/s1. The molecule has 0 amide bonds. The van der Waals surface area contributed by atoms with E-state index in [-0.39, 0.29) is 40.2 Å². The molecule has 0 aromatic carbocycles. The second-order valence-corrected chi connectivity index (χ2v) is 10.5. The second-order valence-electron chi connectivity index (χ2n) is 10.5. The summed E-state index contributed by atoms with van der Waals surface area (Å²) in [5, 5.41) is 14.0. The molecule has 6 aliphatic rings. The normalized spacial score (nSPS) is 49.6. The Morgan fingerprint density at radius 3 is 2.86 bits per heavy atom. The molecular weight excluding hydrogens is 370 g/mol. The van der Waals surface area contributed by atoms with Crippen LogP contribution in [0.1, 0.15) is 46.0 Å². The Bertz CT molecular complexity index is 920. The zero-order chi connectivity index (χ0) is 20.3. The molecule has 1 saturated carbocycles. The molecule has 0 N–H and O–H groups in total. The number of rotatable bonds is 1. The number of carbonyl (C=O) groups excluding carboxylic acids is 2. The quantitative estimate of drug-likeness (QED) is 0.385. The van der Waals surface area contributed by atoms with E-state index in [4.69, 9.17) is 9.47 Å². The number of hydrogen-bond acceptors (Lipinski definition) is 5. The van der Waals surface area contributed by atoms with E-state index >= 15 is 0 Å². The van der Waals surface area contributed by atoms with Crippen molar-refractivity contribution in [2.45, 2.75) is 52.0 Å². The Balaban J connectivity index is 1.66. The molecule has 3 aliphatic carbocycles. The lowest BCUT2D eigenvalue weighted by molar-refractivity contribution is -0.908. The topological polar surface area (TPSA) is 75.7 Å². The van der Waals surface area contributed by atoms with E-state index in [0.717, 1.165) is 29.7 Å². The minimum absolute atomic E-state index is 0.0709. The molecule has 2 bridgehead atoms. The first-order valence-electron chi connectivity index (χ1n) is 11.1. The van der Waals surface area contributed by atoms with E-state index in [1.165, 1.54) is 7.11 Å². The van der Waals surface area contributed by atoms with Crippen molar-refractivity contribution in [1.82, 2.24) is 0 Å². The first-order chi connectivity index (χ1) is 13.8. The molecule has 2 saturated heterocycles. The maximum Gasteiger partial charge on any atom is 0.334 e. The number of hydrogen-bond donors (Lipinski definition) is 0. The van der Waals surface area contributed by atoms with Crippen LogP contribution in [0.3, 0.4) is 0 Å². The maximum atomic E-state index is 14.3. The van der Waals surface area contributed by atoms with E-state index in [1.807, 2.05) is 0 Å². The van der Waals surface area contributed by atoms with Crippen LogP contribution in [0, 0.1) is 33.8 Å². The highest BCUT2D eigenvalue weighted by molar-refractivity contribution is 6.01. The van der Waals surface area contributed by atoms with Crippen molar-refractivity contribution in [3.8, 4) is 0 Å². The third kappa shape index (κ3) is 1.79. The SMILES string of the molecule is COC(=O)C1=C2CCOC3=C2[C@@]2(C1)C(=O)[C@H]1CC4[C@@]2(C)C(CC3)C[N@+]4([O-])CC1C. The number of ketones is 1. The lowest BCUT2D eigenvalue weighted by atomic mass is 9.45. The smallest absolute Gasteiger partial charge is 0.334 e. The largest absolute Gasteiger partial charge is 0.633 e. The third-order valence-corrected chi connectivity index (χ3v) is 9.67. The summed E-state index contributed by atoms with van der Waals surface area (Å²) in [5.41, 5.74) is 1.40. The summed E-state index contributed by atoms with van der Waals surface area (Å²) in [5.74, 6) is 1.000. The zero-order valence-corrected chi connectivity index (χ0v) is 17.5. The van der Waals surface area contributed by atoms with Gasteiger partial charge in [0.15, 0.2) is 0 Å². The van der Waals surface area contributed by atoms with Crippen LogP contribution in [0.25, 0.3) is 0 Å². The number of Topliss-reactive ketones (excluding diaryl/α,β-unsaturated/α-hetero) is 1. The van der Waals surface area contributed by atoms with Gasteiger partial charge in [-0.3, -0.25) is 4.79 Å². The van der Waals surface area contributed by atoms with E-state index in [0.29, 0.717) is 44.5 Å². The van der Waals surface area contributed by atoms with Gasteiger partial charge in [-0.25, -0.2) is 4.79 Å². The number of ether oxygens (including phenoxy) is 2. The molecule has 6 nitrogen and oxygen atoms in total. The van der Waals surface area contributed by atoms with Crippen molar-refractivity contribution < 1.29 is 23.7 Å². The van der Waals surface area contributed by atoms with Crippen LogP contribution in [0.15, 0.2) is 22.5 Å². The molecule has 29 heavy (non-hydrogen) atoms. The molecular formula is C23H29NO5. The Kier molecular flexibility index (Phi) is 3.33. The minimum atomic E-state index is -0.796. The van der Waals surface area contributed by atoms with E-state index in [9.17, 15) is 14.8 Å². The predicted octanol–water partition coefficient (Wildman–Crippen LogP) is 2.87. The Morgan fingerprint density at radius 2 is 2.10 bits per heavy atom. The highest BCUT2D eigenvalue weighted by atomic mass is 16.6. The maximum absolute atomic E-state index is 14.3. The van der Waals surface area contributed by atoms with Crippen LogP contribution < -0.4 is 0 Å². The van der Waals surface area contributed by atoms with Crippen molar-refractivity contribution in [3.63, 3.8) is 0 Å². The van der Waals surface area contributed by atoms with Crippen molar-refractivity contribution in [3.05, 3.63) is 27.7 Å². The molecule has 0 aromatic rings. The van der Waals surface area contributed by atoms with Crippen LogP contribution in [0.5, 0.6) is 0 Å². The van der Waals surface area contributed by atoms with Crippen LogP contribution in [0.2, 0.25) is 0 Å². The molecule has 7 atom stereocenters. The Labute approximate surface area is 171 Å². The van der Waals surface area contributed by atoms with Crippen molar-refractivity contribution in [2.24, 2.45) is 28.6 Å². The number of nitrogens with zero attached hydrogens (tertiary/aromatic N) is 1. The predicted molar refractivity (Wildman–Crippen MR) is 104 cm³/mol. The highest BCUT2D eigenvalue weighted by Crippen LogP contribution is 2.74. The number of allylic oxidation sites excluding steroid dienone is 2. The van der Waals surface area contributed by atoms with Gasteiger partial charge in [0, 0.05) is 53.6 Å². The van der Waals surface area contributed by atoms with Gasteiger partial charge in [-0.1, -0.05) is 13.8 Å². The molecule has 3 aliphatic heterocycles. The monoisotopic (exact) mass is 399 g/mol. The minimum Gasteiger partial charge on any atom is -0.633 e. The van der Waals surface area contributed by atoms with Crippen molar-refractivity contribution in [2.75, 3.05) is 26.8 Å². The van der Waals surface area contributed by atoms with Gasteiger partial charge < -0.3 is 19.3 Å². The van der Waals surface area contributed by atoms with Gasteiger partial charge in [0.25, 0.3) is 0 Å². The van der Waals surface area contributed by atoms with Gasteiger partial charge in [0.2, 0.25) is 0 Å². The molecule has 3 fully saturated rings. The third-order valence-electron chi connectivity index (χ3n) is 9.67. The molecule has 156 valence electrons. The summed E-state index contributed by atoms with van der Waals surface area (Å²) in [4.78, 5) is 27.1. The Morgan fingerprint density at radius 1 is 1.31 bits per heavy atom. The van der Waals surface area contributed by atoms with Gasteiger partial charge in [0.05, 0.1) is 38.3 Å². The average molecular weight is 399 g/mol. The number of esters is 1. The molecule has 0 radical (unpaired) electrons. The molecule has 6 heteroatoms. The molecule has 0 aromatic heterocycles. The van der Waals surface area contributed by atoms with Crippen molar-refractivity contribution >= 4 is 11.8 Å². The van der Waals surface area contributed by atoms with Gasteiger partial charge in [-0.2, -0.15) is 0 Å².